The Kier molecular flexibility index (Phi) is 4.73. The number of nitrogens with one attached hydrogen (secondary N) is 3. The summed E-state index contributed by atoms with van der Waals surface area (Å²) in [5.41, 5.74) is 1.84. The lowest BCUT2D eigenvalue weighted by atomic mass is 10.3. The molecule has 0 aliphatic carbocycles. The summed E-state index contributed by atoms with van der Waals surface area (Å²) in [4.78, 5) is 15.3. The zero-order valence-electron chi connectivity index (χ0n) is 13.8. The van der Waals surface area contributed by atoms with Gasteiger partial charge in [-0.1, -0.05) is 18.2 Å². The number of likely N-dealkylation sites (N-methyl/N-ethyl adjacent to an activating group) is 1. The molecule has 3 N–H and O–H groups in total. The van der Waals surface area contributed by atoms with Crippen LogP contribution in [0.25, 0.3) is 5.69 Å². The maximum Gasteiger partial charge on any atom is 0.280 e. The quantitative estimate of drug-likeness (QED) is 0.645. The van der Waals surface area contributed by atoms with Gasteiger partial charge in [-0.3, -0.25) is 4.79 Å². The average molecular weight is 315 g/mol. The van der Waals surface area contributed by atoms with E-state index in [4.69, 9.17) is 0 Å². The smallest absolute Gasteiger partial charge is 0.280 e. The Labute approximate surface area is 136 Å². The zero-order valence-corrected chi connectivity index (χ0v) is 13.8. The number of quaternary nitrogens is 2. The molecule has 0 unspecified atom stereocenters. The highest BCUT2D eigenvalue weighted by Crippen LogP contribution is 2.16. The van der Waals surface area contributed by atoms with Crippen LogP contribution in [0.2, 0.25) is 0 Å². The summed E-state index contributed by atoms with van der Waals surface area (Å²) in [7, 11) is 2.21. The number of carbonyl (C=O) groups is 1. The lowest BCUT2D eigenvalue weighted by molar-refractivity contribution is -0.999. The minimum absolute atomic E-state index is 0.0524. The van der Waals surface area contributed by atoms with Crippen molar-refractivity contribution in [3.63, 3.8) is 0 Å². The van der Waals surface area contributed by atoms with Crippen molar-refractivity contribution in [1.29, 1.82) is 0 Å². The summed E-state index contributed by atoms with van der Waals surface area (Å²) < 4.78 is 1.79. The molecule has 6 nitrogen and oxygen atoms in total. The highest BCUT2D eigenvalue weighted by Gasteiger charge is 2.23. The lowest BCUT2D eigenvalue weighted by Crippen LogP contribution is -3.27. The van der Waals surface area contributed by atoms with E-state index in [1.807, 2.05) is 43.3 Å². The number of hydrogen-bond donors (Lipinski definition) is 3. The van der Waals surface area contributed by atoms with E-state index in [0.29, 0.717) is 6.54 Å². The molecular weight excluding hydrogens is 290 g/mol. The monoisotopic (exact) mass is 315 g/mol. The predicted octanol–water partition coefficient (Wildman–Crippen LogP) is -1.47. The number of aryl methyl sites for hydroxylation is 1. The highest BCUT2D eigenvalue weighted by molar-refractivity contribution is 5.91. The third-order valence-corrected chi connectivity index (χ3v) is 4.32. The van der Waals surface area contributed by atoms with E-state index in [1.54, 1.807) is 9.58 Å². The Bertz CT molecular complexity index is 659. The first-order valence-electron chi connectivity index (χ1n) is 8.18. The maximum atomic E-state index is 12.4. The van der Waals surface area contributed by atoms with E-state index in [0.717, 1.165) is 43.4 Å². The molecule has 6 heteroatoms. The normalized spacial score (nSPS) is 21.1. The molecule has 0 atom stereocenters. The van der Waals surface area contributed by atoms with Crippen molar-refractivity contribution in [3.05, 3.63) is 42.1 Å². The van der Waals surface area contributed by atoms with Crippen molar-refractivity contribution in [2.75, 3.05) is 45.1 Å². The number of hydrogen-bond acceptors (Lipinski definition) is 2. The van der Waals surface area contributed by atoms with Crippen molar-refractivity contribution in [2.45, 2.75) is 6.92 Å². The summed E-state index contributed by atoms with van der Waals surface area (Å²) in [5, 5.41) is 7.50. The van der Waals surface area contributed by atoms with Crippen LogP contribution in [0, 0.1) is 6.92 Å². The van der Waals surface area contributed by atoms with Gasteiger partial charge in [0, 0.05) is 6.07 Å². The van der Waals surface area contributed by atoms with Gasteiger partial charge in [0.1, 0.15) is 32.0 Å². The average Bonchev–Trinajstić information content (AvgIpc) is 2.91. The molecule has 122 valence electrons. The van der Waals surface area contributed by atoms with Crippen LogP contribution in [0.4, 0.5) is 5.82 Å². The molecule has 1 aromatic carbocycles. The number of aromatic nitrogens is 2. The fourth-order valence-electron chi connectivity index (χ4n) is 2.98. The summed E-state index contributed by atoms with van der Waals surface area (Å²) in [5.74, 6) is 0.787. The number of anilines is 1. The fraction of sp³-hybridized carbons (Fsp3) is 0.412. The predicted molar refractivity (Wildman–Crippen MR) is 89.1 cm³/mol. The molecule has 23 heavy (non-hydrogen) atoms. The third kappa shape index (κ3) is 3.97. The van der Waals surface area contributed by atoms with Gasteiger partial charge in [0.2, 0.25) is 0 Å². The number of benzene rings is 1. The Morgan fingerprint density at radius 2 is 1.91 bits per heavy atom. The van der Waals surface area contributed by atoms with Crippen molar-refractivity contribution in [3.8, 4) is 5.69 Å². The molecule has 2 heterocycles. The second-order valence-corrected chi connectivity index (χ2v) is 6.35. The van der Waals surface area contributed by atoms with Gasteiger partial charge in [0.05, 0.1) is 18.4 Å². The number of amides is 1. The van der Waals surface area contributed by atoms with Gasteiger partial charge in [-0.15, -0.1) is 0 Å². The molecule has 1 saturated heterocycles. The molecule has 1 aromatic heterocycles. The number of nitrogens with zero attached hydrogens (tertiary/aromatic N) is 2. The van der Waals surface area contributed by atoms with Crippen LogP contribution in [0.5, 0.6) is 0 Å². The van der Waals surface area contributed by atoms with E-state index in [1.165, 1.54) is 4.90 Å². The van der Waals surface area contributed by atoms with Crippen LogP contribution < -0.4 is 15.1 Å². The topological polar surface area (TPSA) is 55.8 Å². The number of rotatable bonds is 4. The van der Waals surface area contributed by atoms with Crippen LogP contribution in [0.3, 0.4) is 0 Å². The van der Waals surface area contributed by atoms with E-state index in [9.17, 15) is 4.79 Å². The van der Waals surface area contributed by atoms with Gasteiger partial charge in [-0.25, -0.2) is 4.68 Å². The van der Waals surface area contributed by atoms with Gasteiger partial charge < -0.3 is 15.1 Å². The van der Waals surface area contributed by atoms with Gasteiger partial charge in [-0.05, 0) is 19.1 Å². The van der Waals surface area contributed by atoms with Crippen LogP contribution in [-0.2, 0) is 4.79 Å². The standard InChI is InChI=1S/C17H23N5O/c1-14-12-16(22(19-14)15-6-4-3-5-7-15)18-17(23)13-21-10-8-20(2)9-11-21/h3-7,12H,8-11,13H2,1-2H3,(H,18,23)/p+2. The Balaban J connectivity index is 1.67. The van der Waals surface area contributed by atoms with Gasteiger partial charge in [-0.2, -0.15) is 5.10 Å². The van der Waals surface area contributed by atoms with E-state index >= 15 is 0 Å². The van der Waals surface area contributed by atoms with E-state index < -0.39 is 0 Å². The summed E-state index contributed by atoms with van der Waals surface area (Å²) in [6, 6.07) is 11.8. The van der Waals surface area contributed by atoms with Gasteiger partial charge in [0.15, 0.2) is 6.54 Å². The molecule has 0 spiro atoms. The van der Waals surface area contributed by atoms with Crippen molar-refractivity contribution in [2.24, 2.45) is 0 Å². The maximum absolute atomic E-state index is 12.4. The molecule has 0 radical (unpaired) electrons. The van der Waals surface area contributed by atoms with Crippen LogP contribution in [-0.4, -0.2) is 55.5 Å². The van der Waals surface area contributed by atoms with Crippen LogP contribution in [0.15, 0.2) is 36.4 Å². The molecule has 1 aliphatic rings. The third-order valence-electron chi connectivity index (χ3n) is 4.32. The van der Waals surface area contributed by atoms with E-state index in [-0.39, 0.29) is 5.91 Å². The summed E-state index contributed by atoms with van der Waals surface area (Å²) in [6.07, 6.45) is 0. The SMILES string of the molecule is Cc1cc(NC(=O)C[NH+]2CC[NH+](C)CC2)n(-c2ccccc2)n1. The minimum Gasteiger partial charge on any atom is -0.328 e. The Morgan fingerprint density at radius 1 is 1.22 bits per heavy atom. The molecule has 1 aliphatic heterocycles. The molecular formula is C17H25N5O+2. The summed E-state index contributed by atoms with van der Waals surface area (Å²) >= 11 is 0. The van der Waals surface area contributed by atoms with Crippen molar-refractivity contribution in [1.82, 2.24) is 9.78 Å². The molecule has 3 rings (SSSR count). The largest absolute Gasteiger partial charge is 0.328 e. The Morgan fingerprint density at radius 3 is 2.61 bits per heavy atom. The van der Waals surface area contributed by atoms with Gasteiger partial charge in [0.25, 0.3) is 5.91 Å². The second kappa shape index (κ2) is 6.93. The van der Waals surface area contributed by atoms with Crippen LogP contribution >= 0.6 is 0 Å². The van der Waals surface area contributed by atoms with Crippen molar-refractivity contribution < 1.29 is 14.6 Å². The molecule has 2 aromatic rings. The lowest BCUT2D eigenvalue weighted by Gasteiger charge is -2.26. The first kappa shape index (κ1) is 15.7. The van der Waals surface area contributed by atoms with Crippen molar-refractivity contribution >= 4 is 11.7 Å². The molecule has 1 fully saturated rings. The van der Waals surface area contributed by atoms with E-state index in [2.05, 4.69) is 17.5 Å². The highest BCUT2D eigenvalue weighted by atomic mass is 16.2. The zero-order chi connectivity index (χ0) is 16.2. The van der Waals surface area contributed by atoms with Crippen LogP contribution in [0.1, 0.15) is 5.69 Å². The molecule has 0 bridgehead atoms. The first-order chi connectivity index (χ1) is 11.1. The Hall–Kier alpha value is -2.18. The number of carbonyl (C=O) groups excluding carboxylic acids is 1. The minimum atomic E-state index is 0.0524. The second-order valence-electron chi connectivity index (χ2n) is 6.35. The fourth-order valence-corrected chi connectivity index (χ4v) is 2.98. The van der Waals surface area contributed by atoms with Gasteiger partial charge >= 0.3 is 0 Å². The number of piperazine rings is 1. The first-order valence-corrected chi connectivity index (χ1v) is 8.18. The molecule has 1 amide bonds. The number of para-hydroxylation sites is 1. The summed E-state index contributed by atoms with van der Waals surface area (Å²) in [6.45, 7) is 6.82. The molecule has 0 saturated carbocycles.